The Kier molecular flexibility index (Phi) is 5.25. The van der Waals surface area contributed by atoms with Crippen molar-refractivity contribution in [3.05, 3.63) is 46.5 Å². The fraction of sp³-hybridized carbons (Fsp3) is 0.294. The van der Waals surface area contributed by atoms with Crippen molar-refractivity contribution in [3.63, 3.8) is 0 Å². The number of carbonyl (C=O) groups is 2. The Morgan fingerprint density at radius 2 is 1.93 bits per heavy atom. The molecule has 1 amide bonds. The van der Waals surface area contributed by atoms with E-state index in [2.05, 4.69) is 20.6 Å². The SMILES string of the molecule is CCOC(=O)c1ccc(NC(=O)Cn2cnc3c(nnn3CC)c2=O)cc1. The lowest BCUT2D eigenvalue weighted by Crippen LogP contribution is -2.28. The summed E-state index contributed by atoms with van der Waals surface area (Å²) in [7, 11) is 0. The predicted molar refractivity (Wildman–Crippen MR) is 96.3 cm³/mol. The molecule has 0 spiro atoms. The molecule has 0 aliphatic rings. The number of anilines is 1. The number of ether oxygens (including phenoxy) is 1. The highest BCUT2D eigenvalue weighted by molar-refractivity contribution is 5.93. The third kappa shape index (κ3) is 3.84. The van der Waals surface area contributed by atoms with Crippen LogP contribution in [0.2, 0.25) is 0 Å². The van der Waals surface area contributed by atoms with E-state index < -0.39 is 17.4 Å². The molecule has 0 atom stereocenters. The van der Waals surface area contributed by atoms with Crippen LogP contribution >= 0.6 is 0 Å². The zero-order valence-corrected chi connectivity index (χ0v) is 14.9. The Hall–Kier alpha value is -3.56. The van der Waals surface area contributed by atoms with Crippen LogP contribution in [0.3, 0.4) is 0 Å². The van der Waals surface area contributed by atoms with E-state index in [1.54, 1.807) is 31.2 Å². The summed E-state index contributed by atoms with van der Waals surface area (Å²) < 4.78 is 7.57. The minimum atomic E-state index is -0.437. The van der Waals surface area contributed by atoms with Crippen LogP contribution in [-0.2, 0) is 22.6 Å². The number of rotatable bonds is 6. The van der Waals surface area contributed by atoms with Gasteiger partial charge in [-0.1, -0.05) is 5.21 Å². The number of hydrogen-bond acceptors (Lipinski definition) is 7. The minimum Gasteiger partial charge on any atom is -0.462 e. The maximum absolute atomic E-state index is 12.4. The summed E-state index contributed by atoms with van der Waals surface area (Å²) in [6.45, 7) is 4.19. The van der Waals surface area contributed by atoms with Gasteiger partial charge < -0.3 is 10.1 Å². The fourth-order valence-corrected chi connectivity index (χ4v) is 2.47. The van der Waals surface area contributed by atoms with Gasteiger partial charge in [-0.15, -0.1) is 5.10 Å². The second-order valence-electron chi connectivity index (χ2n) is 5.60. The van der Waals surface area contributed by atoms with Crippen LogP contribution in [0.25, 0.3) is 11.2 Å². The number of aromatic nitrogens is 5. The Bertz CT molecular complexity index is 1040. The van der Waals surface area contributed by atoms with E-state index in [1.165, 1.54) is 15.6 Å². The Balaban J connectivity index is 1.71. The van der Waals surface area contributed by atoms with Crippen molar-refractivity contribution in [1.29, 1.82) is 0 Å². The van der Waals surface area contributed by atoms with E-state index in [-0.39, 0.29) is 18.7 Å². The van der Waals surface area contributed by atoms with Crippen molar-refractivity contribution in [2.24, 2.45) is 0 Å². The van der Waals surface area contributed by atoms with Crippen molar-refractivity contribution < 1.29 is 14.3 Å². The van der Waals surface area contributed by atoms with Gasteiger partial charge in [-0.25, -0.2) is 14.5 Å². The molecule has 10 nitrogen and oxygen atoms in total. The first-order valence-corrected chi connectivity index (χ1v) is 8.39. The molecule has 0 unspecified atom stereocenters. The average Bonchev–Trinajstić information content (AvgIpc) is 3.08. The highest BCUT2D eigenvalue weighted by atomic mass is 16.5. The molecule has 1 aromatic carbocycles. The molecule has 3 rings (SSSR count). The highest BCUT2D eigenvalue weighted by Gasteiger charge is 2.13. The zero-order chi connectivity index (χ0) is 19.4. The summed E-state index contributed by atoms with van der Waals surface area (Å²) in [6.07, 6.45) is 1.30. The Labute approximate surface area is 153 Å². The van der Waals surface area contributed by atoms with Gasteiger partial charge in [-0.3, -0.25) is 14.2 Å². The number of nitrogens with one attached hydrogen (secondary N) is 1. The lowest BCUT2D eigenvalue weighted by Gasteiger charge is -2.08. The van der Waals surface area contributed by atoms with Crippen molar-refractivity contribution in [2.45, 2.75) is 26.9 Å². The molecule has 0 bridgehead atoms. The zero-order valence-electron chi connectivity index (χ0n) is 14.9. The van der Waals surface area contributed by atoms with Gasteiger partial charge in [0.25, 0.3) is 5.56 Å². The van der Waals surface area contributed by atoms with Crippen LogP contribution in [0.4, 0.5) is 5.69 Å². The van der Waals surface area contributed by atoms with Crippen LogP contribution in [0, 0.1) is 0 Å². The summed E-state index contributed by atoms with van der Waals surface area (Å²) in [5, 5.41) is 10.3. The van der Waals surface area contributed by atoms with Gasteiger partial charge in [0.05, 0.1) is 12.2 Å². The van der Waals surface area contributed by atoms with Crippen molar-refractivity contribution >= 4 is 28.7 Å². The molecule has 3 aromatic rings. The Morgan fingerprint density at radius 1 is 1.19 bits per heavy atom. The third-order valence-electron chi connectivity index (χ3n) is 3.79. The van der Waals surface area contributed by atoms with Crippen LogP contribution in [0.15, 0.2) is 35.4 Å². The summed E-state index contributed by atoms with van der Waals surface area (Å²) in [4.78, 5) is 40.4. The van der Waals surface area contributed by atoms with Crippen molar-refractivity contribution in [3.8, 4) is 0 Å². The number of hydrogen-bond donors (Lipinski definition) is 1. The first-order chi connectivity index (χ1) is 13.0. The number of nitrogens with zero attached hydrogens (tertiary/aromatic N) is 5. The van der Waals surface area contributed by atoms with E-state index in [0.29, 0.717) is 23.4 Å². The molecule has 1 N–H and O–H groups in total. The Morgan fingerprint density at radius 3 is 2.59 bits per heavy atom. The van der Waals surface area contributed by atoms with Gasteiger partial charge in [0.15, 0.2) is 11.2 Å². The van der Waals surface area contributed by atoms with E-state index in [4.69, 9.17) is 4.74 Å². The van der Waals surface area contributed by atoms with Crippen molar-refractivity contribution in [1.82, 2.24) is 24.5 Å². The first kappa shape index (κ1) is 18.2. The maximum Gasteiger partial charge on any atom is 0.338 e. The number of aryl methyl sites for hydroxylation is 1. The predicted octanol–water partition coefficient (Wildman–Crippen LogP) is 0.823. The lowest BCUT2D eigenvalue weighted by atomic mass is 10.2. The second kappa shape index (κ2) is 7.77. The number of benzene rings is 1. The lowest BCUT2D eigenvalue weighted by molar-refractivity contribution is -0.116. The summed E-state index contributed by atoms with van der Waals surface area (Å²) in [6, 6.07) is 6.27. The quantitative estimate of drug-likeness (QED) is 0.638. The smallest absolute Gasteiger partial charge is 0.338 e. The first-order valence-electron chi connectivity index (χ1n) is 8.39. The molecule has 0 aliphatic heterocycles. The highest BCUT2D eigenvalue weighted by Crippen LogP contribution is 2.11. The maximum atomic E-state index is 12.4. The molecular formula is C17H18N6O4. The van der Waals surface area contributed by atoms with Gasteiger partial charge in [-0.05, 0) is 38.1 Å². The van der Waals surface area contributed by atoms with Gasteiger partial charge in [0.2, 0.25) is 5.91 Å². The normalized spacial score (nSPS) is 10.7. The second-order valence-corrected chi connectivity index (χ2v) is 5.60. The molecule has 0 aliphatic carbocycles. The number of amides is 1. The van der Waals surface area contributed by atoms with Crippen LogP contribution in [-0.4, -0.2) is 43.0 Å². The molecule has 140 valence electrons. The van der Waals surface area contributed by atoms with Crippen LogP contribution in [0.1, 0.15) is 24.2 Å². The summed E-state index contributed by atoms with van der Waals surface area (Å²) in [5.74, 6) is -0.841. The molecule has 2 heterocycles. The van der Waals surface area contributed by atoms with Gasteiger partial charge in [-0.2, -0.15) is 0 Å². The molecule has 27 heavy (non-hydrogen) atoms. The van der Waals surface area contributed by atoms with Gasteiger partial charge in [0, 0.05) is 12.2 Å². The number of esters is 1. The number of fused-ring (bicyclic) bond motifs is 1. The molecular weight excluding hydrogens is 352 g/mol. The fourth-order valence-electron chi connectivity index (χ4n) is 2.47. The van der Waals surface area contributed by atoms with Gasteiger partial charge in [0.1, 0.15) is 12.9 Å². The molecule has 0 saturated heterocycles. The number of carbonyl (C=O) groups excluding carboxylic acids is 2. The van der Waals surface area contributed by atoms with Crippen LogP contribution in [0.5, 0.6) is 0 Å². The molecule has 0 radical (unpaired) electrons. The molecule has 0 saturated carbocycles. The molecule has 10 heteroatoms. The summed E-state index contributed by atoms with van der Waals surface area (Å²) in [5.41, 5.74) is 0.943. The van der Waals surface area contributed by atoms with E-state index in [1.807, 2.05) is 6.92 Å². The average molecular weight is 370 g/mol. The van der Waals surface area contributed by atoms with Crippen LogP contribution < -0.4 is 10.9 Å². The third-order valence-corrected chi connectivity index (χ3v) is 3.79. The van der Waals surface area contributed by atoms with E-state index >= 15 is 0 Å². The molecule has 2 aromatic heterocycles. The largest absolute Gasteiger partial charge is 0.462 e. The van der Waals surface area contributed by atoms with Crippen molar-refractivity contribution in [2.75, 3.05) is 11.9 Å². The standard InChI is InChI=1S/C17H18N6O4/c1-3-23-15-14(20-21-23)16(25)22(10-18-15)9-13(24)19-12-7-5-11(6-8-12)17(26)27-4-2/h5-8,10H,3-4,9H2,1-2H3,(H,19,24). The monoisotopic (exact) mass is 370 g/mol. The van der Waals surface area contributed by atoms with E-state index in [0.717, 1.165) is 0 Å². The topological polar surface area (TPSA) is 121 Å². The minimum absolute atomic E-state index is 0.117. The van der Waals surface area contributed by atoms with E-state index in [9.17, 15) is 14.4 Å². The van der Waals surface area contributed by atoms with Gasteiger partial charge >= 0.3 is 5.97 Å². The summed E-state index contributed by atoms with van der Waals surface area (Å²) >= 11 is 0. The molecule has 0 fully saturated rings.